The summed E-state index contributed by atoms with van der Waals surface area (Å²) in [7, 11) is 0. The lowest BCUT2D eigenvalue weighted by Crippen LogP contribution is -2.62. The lowest BCUT2D eigenvalue weighted by Gasteiger charge is -2.44. The van der Waals surface area contributed by atoms with E-state index < -0.39 is 18.1 Å². The largest absolute Gasteiger partial charge is 0.477 e. The first-order valence-corrected chi connectivity index (χ1v) is 9.88. The van der Waals surface area contributed by atoms with E-state index in [4.69, 9.17) is 0 Å². The van der Waals surface area contributed by atoms with E-state index in [0.717, 1.165) is 51.6 Å². The normalized spacial score (nSPS) is 14.9. The maximum absolute atomic E-state index is 11.9. The minimum atomic E-state index is -0.720. The molecule has 0 rings (SSSR count). The van der Waals surface area contributed by atoms with Gasteiger partial charge in [0.05, 0.1) is 13.1 Å². The molecular weight excluding hydrogens is 302 g/mol. The van der Waals surface area contributed by atoms with E-state index in [2.05, 4.69) is 32.9 Å². The molecule has 4 nitrogen and oxygen atoms in total. The Bertz CT molecular complexity index is 347. The van der Waals surface area contributed by atoms with Gasteiger partial charge in [0.2, 0.25) is 0 Å². The summed E-state index contributed by atoms with van der Waals surface area (Å²) in [5.41, 5.74) is 0. The molecule has 2 N–H and O–H groups in total. The minimum Gasteiger partial charge on any atom is -0.477 e. The summed E-state index contributed by atoms with van der Waals surface area (Å²) in [6.45, 7) is 10.6. The third-order valence-corrected chi connectivity index (χ3v) is 4.89. The smallest absolute Gasteiger partial charge is 0.362 e. The fraction of sp³-hybridized carbons (Fsp3) is 0.850. The van der Waals surface area contributed by atoms with Crippen molar-refractivity contribution in [3.8, 4) is 0 Å². The molecule has 0 radical (unpaired) electrons. The second-order valence-corrected chi connectivity index (χ2v) is 6.93. The number of rotatable bonds is 15. The molecule has 0 bridgehead atoms. The molecule has 4 heteroatoms. The molecule has 0 saturated heterocycles. The van der Waals surface area contributed by atoms with Gasteiger partial charge in [-0.2, -0.15) is 0 Å². The first kappa shape index (κ1) is 23.1. The molecule has 0 aromatic heterocycles. The Hall–Kier alpha value is -0.870. The molecule has 24 heavy (non-hydrogen) atoms. The SMILES string of the molecule is CC/C=C/CCC(O)C[N+](CCCC)(CCCC)C(CC)C(=O)O. The van der Waals surface area contributed by atoms with Crippen LogP contribution in [0.25, 0.3) is 0 Å². The predicted octanol–water partition coefficient (Wildman–Crippen LogP) is 4.37. The Labute approximate surface area is 149 Å². The number of aliphatic carboxylic acids is 1. The standard InChI is InChI=1S/C20H39NO3/c1-5-9-12-13-14-18(22)17-21(15-10-6-2,16-11-7-3)19(8-4)20(23)24/h9,12,18-19,22H,5-8,10-11,13-17H2,1-4H3/p+1/b12-9+. The highest BCUT2D eigenvalue weighted by molar-refractivity contribution is 5.72. The van der Waals surface area contributed by atoms with Gasteiger partial charge in [-0.25, -0.2) is 4.79 Å². The van der Waals surface area contributed by atoms with E-state index in [0.29, 0.717) is 23.9 Å². The van der Waals surface area contributed by atoms with Crippen LogP contribution in [0.2, 0.25) is 0 Å². The molecule has 0 spiro atoms. The molecular formula is C20H40NO3+. The number of nitrogens with zero attached hydrogens (tertiary/aromatic N) is 1. The summed E-state index contributed by atoms with van der Waals surface area (Å²) in [5.74, 6) is -0.720. The topological polar surface area (TPSA) is 57.5 Å². The van der Waals surface area contributed by atoms with Crippen LogP contribution in [0.4, 0.5) is 0 Å². The van der Waals surface area contributed by atoms with Crippen molar-refractivity contribution in [2.45, 2.75) is 91.2 Å². The van der Waals surface area contributed by atoms with Crippen molar-refractivity contribution in [1.29, 1.82) is 0 Å². The van der Waals surface area contributed by atoms with E-state index in [-0.39, 0.29) is 0 Å². The first-order chi connectivity index (χ1) is 11.5. The molecule has 0 aromatic carbocycles. The third kappa shape index (κ3) is 8.29. The van der Waals surface area contributed by atoms with Gasteiger partial charge < -0.3 is 14.7 Å². The highest BCUT2D eigenvalue weighted by atomic mass is 16.4. The molecule has 0 heterocycles. The van der Waals surface area contributed by atoms with Crippen LogP contribution >= 0.6 is 0 Å². The molecule has 2 atom stereocenters. The molecule has 2 unspecified atom stereocenters. The van der Waals surface area contributed by atoms with Gasteiger partial charge in [0, 0.05) is 6.42 Å². The number of carbonyl (C=O) groups is 1. The Morgan fingerprint density at radius 2 is 1.62 bits per heavy atom. The number of aliphatic hydroxyl groups is 1. The van der Waals surface area contributed by atoms with Crippen LogP contribution in [0.5, 0.6) is 0 Å². The average Bonchev–Trinajstić information content (AvgIpc) is 2.55. The Morgan fingerprint density at radius 1 is 1.04 bits per heavy atom. The van der Waals surface area contributed by atoms with Gasteiger partial charge in [-0.05, 0) is 32.1 Å². The van der Waals surface area contributed by atoms with Gasteiger partial charge in [-0.1, -0.05) is 52.7 Å². The van der Waals surface area contributed by atoms with Gasteiger partial charge in [0.25, 0.3) is 0 Å². The van der Waals surface area contributed by atoms with Crippen molar-refractivity contribution in [3.63, 3.8) is 0 Å². The second kappa shape index (κ2) is 13.4. The number of hydrogen-bond acceptors (Lipinski definition) is 2. The number of carboxylic acids is 1. The van der Waals surface area contributed by atoms with E-state index in [1.807, 2.05) is 6.92 Å². The molecule has 0 aliphatic carbocycles. The molecule has 0 aliphatic rings. The van der Waals surface area contributed by atoms with Crippen LogP contribution in [0.15, 0.2) is 12.2 Å². The number of allylic oxidation sites excluding steroid dienone is 2. The summed E-state index contributed by atoms with van der Waals surface area (Å²) in [6.07, 6.45) is 11.1. The maximum Gasteiger partial charge on any atom is 0.362 e. The number of aliphatic hydroxyl groups excluding tert-OH is 1. The van der Waals surface area contributed by atoms with Gasteiger partial charge in [-0.15, -0.1) is 0 Å². The van der Waals surface area contributed by atoms with Crippen molar-refractivity contribution in [3.05, 3.63) is 12.2 Å². The zero-order chi connectivity index (χ0) is 18.4. The van der Waals surface area contributed by atoms with Gasteiger partial charge in [-0.3, -0.25) is 0 Å². The van der Waals surface area contributed by atoms with E-state index in [1.165, 1.54) is 0 Å². The minimum absolute atomic E-state index is 0.413. The zero-order valence-corrected chi connectivity index (χ0v) is 16.3. The molecule has 0 fully saturated rings. The summed E-state index contributed by atoms with van der Waals surface area (Å²) < 4.78 is 0.534. The van der Waals surface area contributed by atoms with Crippen LogP contribution in [0, 0.1) is 0 Å². The third-order valence-electron chi connectivity index (χ3n) is 4.89. The monoisotopic (exact) mass is 342 g/mol. The first-order valence-electron chi connectivity index (χ1n) is 9.88. The molecule has 0 aromatic rings. The molecule has 0 aliphatic heterocycles. The van der Waals surface area contributed by atoms with Crippen molar-refractivity contribution in [1.82, 2.24) is 0 Å². The second-order valence-electron chi connectivity index (χ2n) is 6.93. The molecule has 0 amide bonds. The lowest BCUT2D eigenvalue weighted by molar-refractivity contribution is -0.946. The maximum atomic E-state index is 11.9. The summed E-state index contributed by atoms with van der Waals surface area (Å²) in [6, 6.07) is -0.413. The lowest BCUT2D eigenvalue weighted by atomic mass is 10.0. The van der Waals surface area contributed by atoms with Crippen molar-refractivity contribution in [2.24, 2.45) is 0 Å². The number of hydrogen-bond donors (Lipinski definition) is 2. The van der Waals surface area contributed by atoms with Crippen LogP contribution < -0.4 is 0 Å². The van der Waals surface area contributed by atoms with Crippen LogP contribution in [0.3, 0.4) is 0 Å². The molecule has 142 valence electrons. The Morgan fingerprint density at radius 3 is 2.04 bits per heavy atom. The van der Waals surface area contributed by atoms with E-state index >= 15 is 0 Å². The summed E-state index contributed by atoms with van der Waals surface area (Å²) in [4.78, 5) is 11.9. The van der Waals surface area contributed by atoms with Crippen LogP contribution in [-0.2, 0) is 4.79 Å². The number of quaternary nitrogens is 1. The Kier molecular flexibility index (Phi) is 12.9. The van der Waals surface area contributed by atoms with E-state index in [9.17, 15) is 15.0 Å². The average molecular weight is 343 g/mol. The fourth-order valence-electron chi connectivity index (χ4n) is 3.56. The summed E-state index contributed by atoms with van der Waals surface area (Å²) in [5, 5.41) is 20.3. The quantitative estimate of drug-likeness (QED) is 0.343. The highest BCUT2D eigenvalue weighted by Gasteiger charge is 2.41. The van der Waals surface area contributed by atoms with Crippen LogP contribution in [-0.4, -0.2) is 52.4 Å². The van der Waals surface area contributed by atoms with E-state index in [1.54, 1.807) is 0 Å². The zero-order valence-electron chi connectivity index (χ0n) is 16.3. The van der Waals surface area contributed by atoms with Crippen LogP contribution in [0.1, 0.15) is 79.1 Å². The molecule has 0 saturated carbocycles. The van der Waals surface area contributed by atoms with Crippen molar-refractivity contribution < 1.29 is 19.5 Å². The summed E-state index contributed by atoms with van der Waals surface area (Å²) >= 11 is 0. The van der Waals surface area contributed by atoms with Gasteiger partial charge >= 0.3 is 5.97 Å². The van der Waals surface area contributed by atoms with Crippen molar-refractivity contribution >= 4 is 5.97 Å². The van der Waals surface area contributed by atoms with Gasteiger partial charge in [0.15, 0.2) is 6.04 Å². The predicted molar refractivity (Wildman–Crippen MR) is 101 cm³/mol. The number of unbranched alkanes of at least 4 members (excludes halogenated alkanes) is 2. The highest BCUT2D eigenvalue weighted by Crippen LogP contribution is 2.23. The van der Waals surface area contributed by atoms with Crippen molar-refractivity contribution in [2.75, 3.05) is 19.6 Å². The Balaban J connectivity index is 5.21. The number of carboxylic acid groups (broad SMARTS) is 1. The van der Waals surface area contributed by atoms with Gasteiger partial charge in [0.1, 0.15) is 12.6 Å². The fourth-order valence-corrected chi connectivity index (χ4v) is 3.56.